The number of carboxylic acids is 1. The van der Waals surface area contributed by atoms with Gasteiger partial charge in [-0.25, -0.2) is 0 Å². The van der Waals surface area contributed by atoms with Crippen LogP contribution in [0.1, 0.15) is 58.3 Å². The molecule has 0 radical (unpaired) electrons. The summed E-state index contributed by atoms with van der Waals surface area (Å²) in [7, 11) is 0. The molecule has 1 saturated carbocycles. The molecule has 2 nitrogen and oxygen atoms in total. The normalized spacial score (nSPS) is 20.6. The third-order valence-electron chi connectivity index (χ3n) is 3.30. The number of carbonyl (C=O) groups excluding carboxylic acids is 1. The summed E-state index contributed by atoms with van der Waals surface area (Å²) in [6.45, 7) is 2.16. The topological polar surface area (TPSA) is 40.1 Å². The van der Waals surface area contributed by atoms with Gasteiger partial charge in [-0.05, 0) is 31.1 Å². The molecular weight excluding hydrogens is 176 g/mol. The van der Waals surface area contributed by atoms with Crippen LogP contribution in [0.15, 0.2) is 0 Å². The molecule has 1 atom stereocenters. The van der Waals surface area contributed by atoms with Crippen LogP contribution in [0.5, 0.6) is 0 Å². The second kappa shape index (κ2) is 6.05. The molecule has 0 heterocycles. The molecular formula is C12H21O2-. The summed E-state index contributed by atoms with van der Waals surface area (Å²) < 4.78 is 0. The Hall–Kier alpha value is -0.530. The van der Waals surface area contributed by atoms with Gasteiger partial charge < -0.3 is 9.90 Å². The standard InChI is InChI=1S/C12H22O2/c1-10(7-8-12(13)14)9-11-5-3-2-4-6-11/h10-11H,2-9H2,1H3,(H,13,14)/p-1. The van der Waals surface area contributed by atoms with Crippen molar-refractivity contribution in [2.24, 2.45) is 11.8 Å². The van der Waals surface area contributed by atoms with Gasteiger partial charge in [0, 0.05) is 5.97 Å². The maximum absolute atomic E-state index is 10.3. The van der Waals surface area contributed by atoms with Gasteiger partial charge in [0.05, 0.1) is 0 Å². The van der Waals surface area contributed by atoms with E-state index in [1.807, 2.05) is 0 Å². The summed E-state index contributed by atoms with van der Waals surface area (Å²) >= 11 is 0. The highest BCUT2D eigenvalue weighted by molar-refractivity contribution is 5.64. The van der Waals surface area contributed by atoms with Gasteiger partial charge >= 0.3 is 0 Å². The Morgan fingerprint density at radius 2 is 2.00 bits per heavy atom. The molecule has 1 aliphatic rings. The van der Waals surface area contributed by atoms with Crippen molar-refractivity contribution in [2.75, 3.05) is 0 Å². The van der Waals surface area contributed by atoms with E-state index in [4.69, 9.17) is 0 Å². The average molecular weight is 197 g/mol. The molecule has 82 valence electrons. The average Bonchev–Trinajstić information content (AvgIpc) is 2.16. The van der Waals surface area contributed by atoms with Gasteiger partial charge in [0.2, 0.25) is 0 Å². The fourth-order valence-electron chi connectivity index (χ4n) is 2.47. The zero-order chi connectivity index (χ0) is 10.4. The van der Waals surface area contributed by atoms with Crippen molar-refractivity contribution in [3.63, 3.8) is 0 Å². The molecule has 1 aliphatic carbocycles. The summed E-state index contributed by atoms with van der Waals surface area (Å²) in [6.07, 6.45) is 9.09. The first-order chi connectivity index (χ1) is 6.68. The molecule has 0 bridgehead atoms. The van der Waals surface area contributed by atoms with E-state index in [-0.39, 0.29) is 6.42 Å². The third-order valence-corrected chi connectivity index (χ3v) is 3.30. The number of hydrogen-bond acceptors (Lipinski definition) is 2. The predicted molar refractivity (Wildman–Crippen MR) is 54.6 cm³/mol. The predicted octanol–water partition coefficient (Wildman–Crippen LogP) is 2.12. The Bertz CT molecular complexity index is 171. The van der Waals surface area contributed by atoms with E-state index >= 15 is 0 Å². The molecule has 0 aromatic carbocycles. The van der Waals surface area contributed by atoms with Crippen molar-refractivity contribution in [1.82, 2.24) is 0 Å². The highest BCUT2D eigenvalue weighted by Crippen LogP contribution is 2.30. The maximum Gasteiger partial charge on any atom is 0.0414 e. The molecule has 1 fully saturated rings. The largest absolute Gasteiger partial charge is 0.550 e. The molecule has 0 aliphatic heterocycles. The van der Waals surface area contributed by atoms with E-state index in [1.54, 1.807) is 0 Å². The van der Waals surface area contributed by atoms with Crippen molar-refractivity contribution in [3.8, 4) is 0 Å². The lowest BCUT2D eigenvalue weighted by molar-refractivity contribution is -0.306. The molecule has 0 aromatic rings. The summed E-state index contributed by atoms with van der Waals surface area (Å²) in [6, 6.07) is 0. The number of carbonyl (C=O) groups is 1. The van der Waals surface area contributed by atoms with Crippen LogP contribution in [0.3, 0.4) is 0 Å². The minimum absolute atomic E-state index is 0.230. The van der Waals surface area contributed by atoms with Crippen LogP contribution in [0, 0.1) is 11.8 Å². The second-order valence-electron chi connectivity index (χ2n) is 4.76. The first-order valence-corrected chi connectivity index (χ1v) is 5.88. The quantitative estimate of drug-likeness (QED) is 0.677. The van der Waals surface area contributed by atoms with Crippen LogP contribution < -0.4 is 5.11 Å². The minimum atomic E-state index is -0.902. The van der Waals surface area contributed by atoms with Crippen molar-refractivity contribution in [1.29, 1.82) is 0 Å². The van der Waals surface area contributed by atoms with Crippen LogP contribution in [0.25, 0.3) is 0 Å². The molecule has 0 amide bonds. The lowest BCUT2D eigenvalue weighted by Gasteiger charge is -2.24. The summed E-state index contributed by atoms with van der Waals surface area (Å²) in [4.78, 5) is 10.3. The summed E-state index contributed by atoms with van der Waals surface area (Å²) in [5.74, 6) is 0.511. The first kappa shape index (κ1) is 11.5. The van der Waals surface area contributed by atoms with E-state index in [1.165, 1.54) is 38.5 Å². The fraction of sp³-hybridized carbons (Fsp3) is 0.917. The lowest BCUT2D eigenvalue weighted by Crippen LogP contribution is -2.22. The molecule has 0 spiro atoms. The van der Waals surface area contributed by atoms with Gasteiger partial charge in [0.25, 0.3) is 0 Å². The zero-order valence-electron chi connectivity index (χ0n) is 9.13. The first-order valence-electron chi connectivity index (χ1n) is 5.88. The monoisotopic (exact) mass is 197 g/mol. The SMILES string of the molecule is CC(CCC(=O)[O-])CC1CCCCC1. The van der Waals surface area contributed by atoms with Crippen molar-refractivity contribution in [2.45, 2.75) is 58.3 Å². The number of hydrogen-bond donors (Lipinski definition) is 0. The highest BCUT2D eigenvalue weighted by Gasteiger charge is 2.16. The third kappa shape index (κ3) is 4.64. The van der Waals surface area contributed by atoms with Crippen LogP contribution in [0.4, 0.5) is 0 Å². The van der Waals surface area contributed by atoms with E-state index < -0.39 is 5.97 Å². The van der Waals surface area contributed by atoms with Gasteiger partial charge in [0.15, 0.2) is 0 Å². The van der Waals surface area contributed by atoms with Crippen LogP contribution in [-0.4, -0.2) is 5.97 Å². The Labute approximate surface area is 86.7 Å². The van der Waals surface area contributed by atoms with E-state index in [0.717, 1.165) is 12.3 Å². The van der Waals surface area contributed by atoms with Crippen molar-refractivity contribution < 1.29 is 9.90 Å². The minimum Gasteiger partial charge on any atom is -0.550 e. The van der Waals surface area contributed by atoms with Crippen molar-refractivity contribution in [3.05, 3.63) is 0 Å². The van der Waals surface area contributed by atoms with E-state index in [2.05, 4.69) is 6.92 Å². The summed E-state index contributed by atoms with van der Waals surface area (Å²) in [5.41, 5.74) is 0. The number of rotatable bonds is 5. The van der Waals surface area contributed by atoms with Crippen LogP contribution >= 0.6 is 0 Å². The van der Waals surface area contributed by atoms with Gasteiger partial charge in [-0.2, -0.15) is 0 Å². The maximum atomic E-state index is 10.3. The highest BCUT2D eigenvalue weighted by atomic mass is 16.4. The molecule has 1 rings (SSSR count). The second-order valence-corrected chi connectivity index (χ2v) is 4.76. The number of carboxylic acid groups (broad SMARTS) is 1. The smallest absolute Gasteiger partial charge is 0.0414 e. The van der Waals surface area contributed by atoms with E-state index in [0.29, 0.717) is 5.92 Å². The Balaban J connectivity index is 2.11. The fourth-order valence-corrected chi connectivity index (χ4v) is 2.47. The lowest BCUT2D eigenvalue weighted by atomic mass is 9.82. The van der Waals surface area contributed by atoms with Gasteiger partial charge in [-0.1, -0.05) is 39.0 Å². The van der Waals surface area contributed by atoms with E-state index in [9.17, 15) is 9.90 Å². The van der Waals surface area contributed by atoms with Gasteiger partial charge in [0.1, 0.15) is 0 Å². The van der Waals surface area contributed by atoms with Crippen LogP contribution in [0.2, 0.25) is 0 Å². The molecule has 1 unspecified atom stereocenters. The molecule has 0 saturated heterocycles. The van der Waals surface area contributed by atoms with Gasteiger partial charge in [-0.15, -0.1) is 0 Å². The van der Waals surface area contributed by atoms with Gasteiger partial charge in [-0.3, -0.25) is 0 Å². The molecule has 2 heteroatoms. The summed E-state index contributed by atoms with van der Waals surface area (Å²) in [5, 5.41) is 10.3. The Morgan fingerprint density at radius 1 is 1.36 bits per heavy atom. The number of aliphatic carboxylic acids is 1. The van der Waals surface area contributed by atoms with Crippen molar-refractivity contribution >= 4 is 5.97 Å². The zero-order valence-corrected chi connectivity index (χ0v) is 9.13. The molecule has 0 N–H and O–H groups in total. The Morgan fingerprint density at radius 3 is 2.57 bits per heavy atom. The van der Waals surface area contributed by atoms with Crippen LogP contribution in [-0.2, 0) is 4.79 Å². The Kier molecular flexibility index (Phi) is 4.99. The molecule has 14 heavy (non-hydrogen) atoms. The molecule has 0 aromatic heterocycles.